The molecule has 3 heteroatoms. The number of rotatable bonds is 2. The van der Waals surface area contributed by atoms with Gasteiger partial charge in [0.05, 0.1) is 5.57 Å². The minimum Gasteiger partial charge on any atom is -0.489 e. The second kappa shape index (κ2) is 4.33. The largest absolute Gasteiger partial charge is 0.489 e. The van der Waals surface area contributed by atoms with Gasteiger partial charge in [-0.2, -0.15) is 0 Å². The molecular formula is C15H13O3. The molecule has 1 fully saturated rings. The van der Waals surface area contributed by atoms with Crippen molar-refractivity contribution in [2.24, 2.45) is 0 Å². The molecule has 0 unspecified atom stereocenters. The second-order valence-corrected chi connectivity index (χ2v) is 4.41. The van der Waals surface area contributed by atoms with Crippen molar-refractivity contribution < 1.29 is 14.6 Å². The predicted octanol–water partition coefficient (Wildman–Crippen LogP) is 2.93. The van der Waals surface area contributed by atoms with Gasteiger partial charge in [-0.3, -0.25) is 0 Å². The van der Waals surface area contributed by atoms with Crippen molar-refractivity contribution in [3.05, 3.63) is 47.4 Å². The standard InChI is InChI=1S/C15H13O3/c16-15(17)14(10-3-1-4-10)12-6-7-13-11(9-12)5-2-8-18-13/h2-3,5-7,9H,1,4,8H2,(H,16,17). The van der Waals surface area contributed by atoms with E-state index in [-0.39, 0.29) is 0 Å². The molecule has 1 saturated carbocycles. The van der Waals surface area contributed by atoms with Crippen molar-refractivity contribution >= 4 is 17.6 Å². The Hall–Kier alpha value is -2.03. The first-order valence-corrected chi connectivity index (χ1v) is 5.99. The highest BCUT2D eigenvalue weighted by Crippen LogP contribution is 2.35. The van der Waals surface area contributed by atoms with Gasteiger partial charge in [0.2, 0.25) is 0 Å². The molecule has 91 valence electrons. The summed E-state index contributed by atoms with van der Waals surface area (Å²) in [5.74, 6) is -0.0461. The van der Waals surface area contributed by atoms with Crippen molar-refractivity contribution in [2.75, 3.05) is 6.61 Å². The first kappa shape index (κ1) is 11.1. The maximum Gasteiger partial charge on any atom is 0.336 e. The summed E-state index contributed by atoms with van der Waals surface area (Å²) in [6.45, 7) is 0.576. The van der Waals surface area contributed by atoms with E-state index in [2.05, 4.69) is 0 Å². The number of aliphatic carboxylic acids is 1. The lowest BCUT2D eigenvalue weighted by Gasteiger charge is -2.20. The number of carboxylic acids is 1. The number of fused-ring (bicyclic) bond motifs is 1. The SMILES string of the molecule is O=C(O)C(=C1[CH]CC1)c1ccc2c(c1)C=CCO2. The first-order chi connectivity index (χ1) is 8.75. The van der Waals surface area contributed by atoms with Crippen molar-refractivity contribution in [3.63, 3.8) is 0 Å². The van der Waals surface area contributed by atoms with Crippen LogP contribution in [0.2, 0.25) is 0 Å². The summed E-state index contributed by atoms with van der Waals surface area (Å²) >= 11 is 0. The van der Waals surface area contributed by atoms with Crippen LogP contribution in [0, 0.1) is 6.42 Å². The highest BCUT2D eigenvalue weighted by Gasteiger charge is 2.22. The van der Waals surface area contributed by atoms with Gasteiger partial charge in [-0.1, -0.05) is 17.7 Å². The summed E-state index contributed by atoms with van der Waals surface area (Å²) in [6.07, 6.45) is 7.70. The number of ether oxygens (including phenoxy) is 1. The van der Waals surface area contributed by atoms with Gasteiger partial charge >= 0.3 is 5.97 Å². The van der Waals surface area contributed by atoms with E-state index in [9.17, 15) is 9.90 Å². The zero-order chi connectivity index (χ0) is 12.5. The monoisotopic (exact) mass is 241 g/mol. The zero-order valence-electron chi connectivity index (χ0n) is 9.85. The third-order valence-corrected chi connectivity index (χ3v) is 3.27. The Bertz CT molecular complexity index is 561. The van der Waals surface area contributed by atoms with Crippen molar-refractivity contribution in [3.8, 4) is 5.75 Å². The summed E-state index contributed by atoms with van der Waals surface area (Å²) in [4.78, 5) is 11.4. The second-order valence-electron chi connectivity index (χ2n) is 4.41. The van der Waals surface area contributed by atoms with Crippen molar-refractivity contribution in [1.29, 1.82) is 0 Å². The third-order valence-electron chi connectivity index (χ3n) is 3.27. The Labute approximate surface area is 105 Å². The van der Waals surface area contributed by atoms with E-state index < -0.39 is 5.97 Å². The molecular weight excluding hydrogens is 228 g/mol. The molecule has 1 aromatic rings. The van der Waals surface area contributed by atoms with Crippen LogP contribution in [0.5, 0.6) is 5.75 Å². The van der Waals surface area contributed by atoms with Crippen LogP contribution in [0.4, 0.5) is 0 Å². The van der Waals surface area contributed by atoms with Gasteiger partial charge in [0, 0.05) is 5.56 Å². The number of hydrogen-bond acceptors (Lipinski definition) is 2. The van der Waals surface area contributed by atoms with Gasteiger partial charge in [-0.15, -0.1) is 0 Å². The lowest BCUT2D eigenvalue weighted by molar-refractivity contribution is -0.130. The quantitative estimate of drug-likeness (QED) is 0.810. The third kappa shape index (κ3) is 1.82. The maximum absolute atomic E-state index is 11.4. The van der Waals surface area contributed by atoms with Gasteiger partial charge in [-0.25, -0.2) is 4.79 Å². The molecule has 0 spiro atoms. The summed E-state index contributed by atoms with van der Waals surface area (Å²) in [6, 6.07) is 5.55. The molecule has 1 N–H and O–H groups in total. The van der Waals surface area contributed by atoms with Crippen LogP contribution in [0.1, 0.15) is 24.0 Å². The fourth-order valence-corrected chi connectivity index (χ4v) is 2.24. The van der Waals surface area contributed by atoms with Gasteiger partial charge in [0.15, 0.2) is 0 Å². The Morgan fingerprint density at radius 1 is 1.33 bits per heavy atom. The molecule has 2 aliphatic rings. The normalized spacial score (nSPS) is 19.6. The highest BCUT2D eigenvalue weighted by molar-refractivity contribution is 6.17. The van der Waals surface area contributed by atoms with Crippen LogP contribution in [0.3, 0.4) is 0 Å². The van der Waals surface area contributed by atoms with Crippen LogP contribution in [0.15, 0.2) is 29.8 Å². The molecule has 0 amide bonds. The van der Waals surface area contributed by atoms with E-state index in [1.807, 2.05) is 36.8 Å². The Balaban J connectivity index is 2.07. The Morgan fingerprint density at radius 2 is 2.17 bits per heavy atom. The smallest absolute Gasteiger partial charge is 0.336 e. The average molecular weight is 241 g/mol. The number of allylic oxidation sites excluding steroid dienone is 1. The Morgan fingerprint density at radius 3 is 2.83 bits per heavy atom. The van der Waals surface area contributed by atoms with E-state index in [0.29, 0.717) is 12.2 Å². The lowest BCUT2D eigenvalue weighted by Crippen LogP contribution is -2.10. The topological polar surface area (TPSA) is 46.5 Å². The molecule has 18 heavy (non-hydrogen) atoms. The summed E-state index contributed by atoms with van der Waals surface area (Å²) in [7, 11) is 0. The molecule has 1 aliphatic carbocycles. The molecule has 0 aromatic heterocycles. The number of benzene rings is 1. The van der Waals surface area contributed by atoms with Crippen molar-refractivity contribution in [2.45, 2.75) is 12.8 Å². The zero-order valence-corrected chi connectivity index (χ0v) is 9.85. The number of carboxylic acid groups (broad SMARTS) is 1. The molecule has 1 heterocycles. The van der Waals surface area contributed by atoms with E-state index in [1.165, 1.54) is 0 Å². The van der Waals surface area contributed by atoms with Gasteiger partial charge in [-0.05, 0) is 43.0 Å². The molecule has 0 saturated heterocycles. The molecule has 0 atom stereocenters. The minimum atomic E-state index is -0.860. The van der Waals surface area contributed by atoms with Gasteiger partial charge < -0.3 is 9.84 Å². The predicted molar refractivity (Wildman–Crippen MR) is 69.1 cm³/mol. The molecule has 1 aliphatic heterocycles. The molecule has 1 aromatic carbocycles. The number of carbonyl (C=O) groups is 1. The van der Waals surface area contributed by atoms with Gasteiger partial charge in [0.1, 0.15) is 12.4 Å². The fraction of sp³-hybridized carbons (Fsp3) is 0.200. The molecule has 3 rings (SSSR count). The Kier molecular flexibility index (Phi) is 2.67. The van der Waals surface area contributed by atoms with E-state index >= 15 is 0 Å². The van der Waals surface area contributed by atoms with Crippen LogP contribution in [-0.4, -0.2) is 17.7 Å². The van der Waals surface area contributed by atoms with E-state index in [4.69, 9.17) is 4.74 Å². The fourth-order valence-electron chi connectivity index (χ4n) is 2.24. The highest BCUT2D eigenvalue weighted by atomic mass is 16.5. The van der Waals surface area contributed by atoms with Crippen LogP contribution < -0.4 is 4.74 Å². The summed E-state index contributed by atoms with van der Waals surface area (Å²) < 4.78 is 5.46. The van der Waals surface area contributed by atoms with E-state index in [0.717, 1.165) is 35.3 Å². The van der Waals surface area contributed by atoms with E-state index in [1.54, 1.807) is 0 Å². The number of hydrogen-bond donors (Lipinski definition) is 1. The first-order valence-electron chi connectivity index (χ1n) is 5.99. The van der Waals surface area contributed by atoms with Crippen LogP contribution >= 0.6 is 0 Å². The summed E-state index contributed by atoms with van der Waals surface area (Å²) in [5, 5.41) is 9.34. The average Bonchev–Trinajstić information content (AvgIpc) is 2.32. The lowest BCUT2D eigenvalue weighted by atomic mass is 9.85. The van der Waals surface area contributed by atoms with Crippen molar-refractivity contribution in [1.82, 2.24) is 0 Å². The minimum absolute atomic E-state index is 0.419. The molecule has 0 bridgehead atoms. The molecule has 1 radical (unpaired) electrons. The van der Waals surface area contributed by atoms with Crippen LogP contribution in [0.25, 0.3) is 11.6 Å². The molecule has 3 nitrogen and oxygen atoms in total. The summed E-state index contributed by atoms with van der Waals surface area (Å²) in [5.41, 5.74) is 3.05. The van der Waals surface area contributed by atoms with Gasteiger partial charge in [0.25, 0.3) is 0 Å². The van der Waals surface area contributed by atoms with Crippen LogP contribution in [-0.2, 0) is 4.79 Å². The maximum atomic E-state index is 11.4.